The summed E-state index contributed by atoms with van der Waals surface area (Å²) < 4.78 is 0. The lowest BCUT2D eigenvalue weighted by Crippen LogP contribution is -2.46. The Morgan fingerprint density at radius 1 is 1.45 bits per heavy atom. The molecule has 0 unspecified atom stereocenters. The SMILES string of the molecule is [NH]CCC(=O)N1CCNCC1. The molecule has 1 amide bonds. The van der Waals surface area contributed by atoms with Crippen LogP contribution in [0.15, 0.2) is 0 Å². The Balaban J connectivity index is 2.27. The second kappa shape index (κ2) is 4.31. The first-order valence-electron chi connectivity index (χ1n) is 3.97. The summed E-state index contributed by atoms with van der Waals surface area (Å²) in [5.41, 5.74) is 6.89. The number of hydrogen-bond acceptors (Lipinski definition) is 2. The Morgan fingerprint density at radius 2 is 2.09 bits per heavy atom. The molecule has 63 valence electrons. The number of carbonyl (C=O) groups is 1. The van der Waals surface area contributed by atoms with E-state index in [1.165, 1.54) is 0 Å². The van der Waals surface area contributed by atoms with Crippen molar-refractivity contribution in [1.29, 1.82) is 0 Å². The maximum absolute atomic E-state index is 11.2. The van der Waals surface area contributed by atoms with E-state index in [2.05, 4.69) is 5.32 Å². The van der Waals surface area contributed by atoms with E-state index in [0.717, 1.165) is 26.2 Å². The third-order valence-electron chi connectivity index (χ3n) is 1.81. The van der Waals surface area contributed by atoms with Crippen molar-refractivity contribution in [2.75, 3.05) is 32.7 Å². The molecule has 1 saturated heterocycles. The van der Waals surface area contributed by atoms with Gasteiger partial charge in [0.2, 0.25) is 5.91 Å². The van der Waals surface area contributed by atoms with Crippen molar-refractivity contribution in [2.45, 2.75) is 6.42 Å². The van der Waals surface area contributed by atoms with Gasteiger partial charge in [-0.1, -0.05) is 0 Å². The zero-order chi connectivity index (χ0) is 8.10. The van der Waals surface area contributed by atoms with Crippen molar-refractivity contribution in [2.24, 2.45) is 0 Å². The zero-order valence-electron chi connectivity index (χ0n) is 6.60. The Bertz CT molecular complexity index is 132. The summed E-state index contributed by atoms with van der Waals surface area (Å²) in [6.45, 7) is 3.61. The first kappa shape index (κ1) is 8.49. The van der Waals surface area contributed by atoms with Gasteiger partial charge in [0.15, 0.2) is 0 Å². The Hall–Kier alpha value is -0.610. The van der Waals surface area contributed by atoms with E-state index in [-0.39, 0.29) is 12.5 Å². The molecule has 4 nitrogen and oxygen atoms in total. The molecule has 0 spiro atoms. The summed E-state index contributed by atoms with van der Waals surface area (Å²) in [7, 11) is 0. The highest BCUT2D eigenvalue weighted by molar-refractivity contribution is 5.76. The fourth-order valence-electron chi connectivity index (χ4n) is 1.18. The quantitative estimate of drug-likeness (QED) is 0.563. The molecule has 1 rings (SSSR count). The van der Waals surface area contributed by atoms with Crippen LogP contribution in [0.5, 0.6) is 0 Å². The molecule has 1 aliphatic rings. The van der Waals surface area contributed by atoms with Crippen molar-refractivity contribution < 1.29 is 4.79 Å². The van der Waals surface area contributed by atoms with Gasteiger partial charge >= 0.3 is 0 Å². The molecule has 4 heteroatoms. The Kier molecular flexibility index (Phi) is 3.32. The molecule has 1 fully saturated rings. The number of nitrogens with one attached hydrogen (secondary N) is 2. The van der Waals surface area contributed by atoms with Crippen LogP contribution in [-0.2, 0) is 4.79 Å². The lowest BCUT2D eigenvalue weighted by Gasteiger charge is -2.27. The molecule has 1 aliphatic heterocycles. The van der Waals surface area contributed by atoms with Crippen LogP contribution >= 0.6 is 0 Å². The average Bonchev–Trinajstić information content (AvgIpc) is 2.07. The number of hydrogen-bond donors (Lipinski definition) is 1. The molecule has 0 bridgehead atoms. The summed E-state index contributed by atoms with van der Waals surface area (Å²) in [6, 6.07) is 0. The van der Waals surface area contributed by atoms with Gasteiger partial charge < -0.3 is 10.2 Å². The highest BCUT2D eigenvalue weighted by Crippen LogP contribution is 1.95. The lowest BCUT2D eigenvalue weighted by atomic mass is 10.3. The van der Waals surface area contributed by atoms with Gasteiger partial charge in [0.25, 0.3) is 0 Å². The summed E-state index contributed by atoms with van der Waals surface area (Å²) in [5.74, 6) is 0.126. The maximum Gasteiger partial charge on any atom is 0.223 e. The van der Waals surface area contributed by atoms with E-state index in [4.69, 9.17) is 5.73 Å². The van der Waals surface area contributed by atoms with Crippen molar-refractivity contribution >= 4 is 5.91 Å². The summed E-state index contributed by atoms with van der Waals surface area (Å²) in [5, 5.41) is 3.17. The van der Waals surface area contributed by atoms with Crippen molar-refractivity contribution in [3.05, 3.63) is 0 Å². The minimum Gasteiger partial charge on any atom is -0.340 e. The fourth-order valence-corrected chi connectivity index (χ4v) is 1.18. The predicted molar refractivity (Wildman–Crippen MR) is 42.0 cm³/mol. The fraction of sp³-hybridized carbons (Fsp3) is 0.857. The van der Waals surface area contributed by atoms with Crippen LogP contribution in [0.2, 0.25) is 0 Å². The molecule has 0 aromatic carbocycles. The molecule has 11 heavy (non-hydrogen) atoms. The highest BCUT2D eigenvalue weighted by Gasteiger charge is 2.14. The zero-order valence-corrected chi connectivity index (χ0v) is 6.60. The van der Waals surface area contributed by atoms with E-state index in [1.807, 2.05) is 4.90 Å². The average molecular weight is 156 g/mol. The highest BCUT2D eigenvalue weighted by atomic mass is 16.2. The van der Waals surface area contributed by atoms with E-state index >= 15 is 0 Å². The van der Waals surface area contributed by atoms with Crippen LogP contribution in [-0.4, -0.2) is 43.5 Å². The van der Waals surface area contributed by atoms with Gasteiger partial charge in [-0.15, -0.1) is 0 Å². The summed E-state index contributed by atoms with van der Waals surface area (Å²) in [4.78, 5) is 13.0. The first-order valence-corrected chi connectivity index (χ1v) is 3.97. The molecule has 0 aliphatic carbocycles. The maximum atomic E-state index is 11.2. The third kappa shape index (κ3) is 2.48. The molecule has 0 aromatic heterocycles. The number of amides is 1. The molecular formula is C7H14N3O. The smallest absolute Gasteiger partial charge is 0.223 e. The largest absolute Gasteiger partial charge is 0.340 e. The van der Waals surface area contributed by atoms with Gasteiger partial charge in [0.1, 0.15) is 0 Å². The van der Waals surface area contributed by atoms with Crippen LogP contribution in [0.3, 0.4) is 0 Å². The topological polar surface area (TPSA) is 56.1 Å². The van der Waals surface area contributed by atoms with Gasteiger partial charge in [-0.3, -0.25) is 10.5 Å². The Labute approximate surface area is 66.7 Å². The van der Waals surface area contributed by atoms with E-state index in [0.29, 0.717) is 6.42 Å². The van der Waals surface area contributed by atoms with Gasteiger partial charge in [0.05, 0.1) is 0 Å². The van der Waals surface area contributed by atoms with E-state index < -0.39 is 0 Å². The summed E-state index contributed by atoms with van der Waals surface area (Å²) >= 11 is 0. The second-order valence-corrected chi connectivity index (χ2v) is 2.63. The lowest BCUT2D eigenvalue weighted by molar-refractivity contribution is -0.131. The van der Waals surface area contributed by atoms with Gasteiger partial charge in [-0.05, 0) is 0 Å². The van der Waals surface area contributed by atoms with Crippen LogP contribution in [0.25, 0.3) is 0 Å². The van der Waals surface area contributed by atoms with Gasteiger partial charge in [0, 0.05) is 39.1 Å². The van der Waals surface area contributed by atoms with E-state index in [1.54, 1.807) is 0 Å². The third-order valence-corrected chi connectivity index (χ3v) is 1.81. The van der Waals surface area contributed by atoms with Gasteiger partial charge in [-0.25, -0.2) is 0 Å². The molecule has 2 N–H and O–H groups in total. The minimum absolute atomic E-state index is 0.126. The molecule has 1 heterocycles. The molecule has 0 saturated carbocycles. The number of rotatable bonds is 2. The predicted octanol–water partition coefficient (Wildman–Crippen LogP) is -0.909. The number of piperazine rings is 1. The second-order valence-electron chi connectivity index (χ2n) is 2.63. The van der Waals surface area contributed by atoms with E-state index in [9.17, 15) is 4.79 Å². The normalized spacial score (nSPS) is 18.5. The van der Waals surface area contributed by atoms with Gasteiger partial charge in [-0.2, -0.15) is 0 Å². The molecule has 0 aromatic rings. The minimum atomic E-state index is 0.126. The monoisotopic (exact) mass is 156 g/mol. The van der Waals surface area contributed by atoms with Crippen molar-refractivity contribution in [3.63, 3.8) is 0 Å². The van der Waals surface area contributed by atoms with Crippen LogP contribution < -0.4 is 11.1 Å². The summed E-state index contributed by atoms with van der Waals surface area (Å²) in [6.07, 6.45) is 0.375. The van der Waals surface area contributed by atoms with Crippen molar-refractivity contribution in [1.82, 2.24) is 16.0 Å². The number of carbonyl (C=O) groups excluding carboxylic acids is 1. The molecule has 0 atom stereocenters. The Morgan fingerprint density at radius 3 is 2.64 bits per heavy atom. The van der Waals surface area contributed by atoms with Crippen molar-refractivity contribution in [3.8, 4) is 0 Å². The molecular weight excluding hydrogens is 142 g/mol. The number of nitrogens with zero attached hydrogens (tertiary/aromatic N) is 1. The van der Waals surface area contributed by atoms with Crippen LogP contribution in [0, 0.1) is 0 Å². The molecule has 1 radical (unpaired) electrons. The first-order chi connectivity index (χ1) is 5.34. The van der Waals surface area contributed by atoms with Crippen LogP contribution in [0.4, 0.5) is 0 Å². The van der Waals surface area contributed by atoms with Crippen LogP contribution in [0.1, 0.15) is 6.42 Å². The standard InChI is InChI=1S/C7H14N3O/c8-2-1-7(11)10-5-3-9-4-6-10/h8-9H,1-6H2.